The Bertz CT molecular complexity index is 361. The maximum absolute atomic E-state index is 8.54. The quantitative estimate of drug-likeness (QED) is 0.245. The summed E-state index contributed by atoms with van der Waals surface area (Å²) in [6.45, 7) is 3.62. The summed E-state index contributed by atoms with van der Waals surface area (Å²) in [5, 5.41) is 11.5. The van der Waals surface area contributed by atoms with Crippen LogP contribution in [0, 0.1) is 0 Å². The van der Waals surface area contributed by atoms with Crippen LogP contribution in [0.2, 0.25) is 0 Å². The van der Waals surface area contributed by atoms with E-state index in [-0.39, 0.29) is 5.84 Å². The van der Waals surface area contributed by atoms with Gasteiger partial charge in [0, 0.05) is 12.2 Å². The van der Waals surface area contributed by atoms with Crippen LogP contribution >= 0.6 is 0 Å². The van der Waals surface area contributed by atoms with Crippen LogP contribution < -0.4 is 5.73 Å². The molecule has 18 heavy (non-hydrogen) atoms. The molecule has 0 spiro atoms. The molecule has 0 aliphatic carbocycles. The van der Waals surface area contributed by atoms with Crippen molar-refractivity contribution in [2.24, 2.45) is 10.9 Å². The predicted octanol–water partition coefficient (Wildman–Crippen LogP) is 2.88. The predicted molar refractivity (Wildman–Crippen MR) is 72.8 cm³/mol. The average Bonchev–Trinajstić information content (AvgIpc) is 2.42. The Kier molecular flexibility index (Phi) is 6.87. The van der Waals surface area contributed by atoms with Gasteiger partial charge in [-0.1, -0.05) is 55.6 Å². The van der Waals surface area contributed by atoms with E-state index in [0.717, 1.165) is 18.6 Å². The van der Waals surface area contributed by atoms with Crippen LogP contribution in [0.5, 0.6) is 0 Å². The van der Waals surface area contributed by atoms with Gasteiger partial charge in [0.2, 0.25) is 0 Å². The molecule has 100 valence electrons. The molecule has 0 saturated heterocycles. The van der Waals surface area contributed by atoms with E-state index in [2.05, 4.69) is 12.1 Å². The fourth-order valence-electron chi connectivity index (χ4n) is 1.65. The van der Waals surface area contributed by atoms with Crippen molar-refractivity contribution >= 4 is 5.84 Å². The summed E-state index contributed by atoms with van der Waals surface area (Å²) >= 11 is 0. The smallest absolute Gasteiger partial charge is 0.170 e. The normalized spacial score (nSPS) is 11.7. The Morgan fingerprint density at radius 3 is 2.56 bits per heavy atom. The van der Waals surface area contributed by atoms with Crippen molar-refractivity contribution in [1.29, 1.82) is 0 Å². The van der Waals surface area contributed by atoms with Gasteiger partial charge >= 0.3 is 0 Å². The number of oxime groups is 1. The van der Waals surface area contributed by atoms with E-state index < -0.39 is 0 Å². The van der Waals surface area contributed by atoms with Crippen molar-refractivity contribution in [3.63, 3.8) is 0 Å². The lowest BCUT2D eigenvalue weighted by Gasteiger charge is -2.05. The van der Waals surface area contributed by atoms with Gasteiger partial charge in [-0.3, -0.25) is 0 Å². The summed E-state index contributed by atoms with van der Waals surface area (Å²) in [4.78, 5) is 0. The van der Waals surface area contributed by atoms with Crippen molar-refractivity contribution in [3.05, 3.63) is 35.4 Å². The molecule has 1 aromatic carbocycles. The molecule has 0 atom stereocenters. The lowest BCUT2D eigenvalue weighted by molar-refractivity contribution is 0.117. The highest BCUT2D eigenvalue weighted by atomic mass is 16.5. The van der Waals surface area contributed by atoms with Crippen LogP contribution in [-0.4, -0.2) is 17.6 Å². The molecular weight excluding hydrogens is 228 g/mol. The lowest BCUT2D eigenvalue weighted by Crippen LogP contribution is -2.12. The van der Waals surface area contributed by atoms with Crippen molar-refractivity contribution < 1.29 is 9.94 Å². The molecule has 0 aliphatic heterocycles. The number of benzene rings is 1. The van der Waals surface area contributed by atoms with Crippen molar-refractivity contribution in [2.45, 2.75) is 39.2 Å². The number of amidine groups is 1. The highest BCUT2D eigenvalue weighted by Gasteiger charge is 1.99. The molecule has 0 saturated carbocycles. The van der Waals surface area contributed by atoms with Crippen LogP contribution in [0.4, 0.5) is 0 Å². The molecule has 1 rings (SSSR count). The Labute approximate surface area is 108 Å². The molecule has 4 nitrogen and oxygen atoms in total. The second-order valence-electron chi connectivity index (χ2n) is 4.30. The zero-order chi connectivity index (χ0) is 13.2. The van der Waals surface area contributed by atoms with Crippen LogP contribution in [0.25, 0.3) is 0 Å². The molecule has 0 bridgehead atoms. The van der Waals surface area contributed by atoms with E-state index in [1.54, 1.807) is 0 Å². The summed E-state index contributed by atoms with van der Waals surface area (Å²) < 4.78 is 5.58. The number of rotatable bonds is 8. The number of nitrogens with two attached hydrogens (primary N) is 1. The first-order chi connectivity index (χ1) is 8.77. The van der Waals surface area contributed by atoms with Crippen molar-refractivity contribution in [3.8, 4) is 0 Å². The van der Waals surface area contributed by atoms with Gasteiger partial charge in [-0.25, -0.2) is 0 Å². The molecule has 0 fully saturated rings. The summed E-state index contributed by atoms with van der Waals surface area (Å²) in [7, 11) is 0. The molecule has 4 heteroatoms. The van der Waals surface area contributed by atoms with E-state index in [9.17, 15) is 0 Å². The van der Waals surface area contributed by atoms with Gasteiger partial charge in [0.15, 0.2) is 5.84 Å². The maximum atomic E-state index is 8.54. The third-order valence-electron chi connectivity index (χ3n) is 2.77. The molecule has 0 aromatic heterocycles. The number of ether oxygens (including phenoxy) is 1. The molecule has 1 aromatic rings. The van der Waals surface area contributed by atoms with E-state index in [0.29, 0.717) is 12.2 Å². The fourth-order valence-corrected chi connectivity index (χ4v) is 1.65. The highest BCUT2D eigenvalue weighted by Crippen LogP contribution is 2.06. The lowest BCUT2D eigenvalue weighted by atomic mass is 10.1. The average molecular weight is 250 g/mol. The van der Waals surface area contributed by atoms with Crippen LogP contribution in [0.3, 0.4) is 0 Å². The monoisotopic (exact) mass is 250 g/mol. The summed E-state index contributed by atoms with van der Waals surface area (Å²) in [6, 6.07) is 7.51. The number of nitrogens with zero attached hydrogens (tertiary/aromatic N) is 1. The largest absolute Gasteiger partial charge is 0.409 e. The first kappa shape index (κ1) is 14.5. The molecule has 0 amide bonds. The van der Waals surface area contributed by atoms with E-state index in [1.807, 2.05) is 24.3 Å². The number of unbranched alkanes of at least 4 members (excludes halogenated alkanes) is 3. The second-order valence-corrected chi connectivity index (χ2v) is 4.30. The Morgan fingerprint density at radius 2 is 1.94 bits per heavy atom. The Morgan fingerprint density at radius 1 is 1.22 bits per heavy atom. The van der Waals surface area contributed by atoms with E-state index in [1.165, 1.54) is 19.3 Å². The standard InChI is InChI=1S/C14H22N2O2/c1-2-3-4-5-10-18-11-12-6-8-13(9-7-12)14(15)16-17/h6-9,17H,2-5,10-11H2,1H3,(H2,15,16). The summed E-state index contributed by atoms with van der Waals surface area (Å²) in [6.07, 6.45) is 4.88. The molecule has 0 aliphatic rings. The minimum Gasteiger partial charge on any atom is -0.409 e. The van der Waals surface area contributed by atoms with E-state index >= 15 is 0 Å². The van der Waals surface area contributed by atoms with Crippen molar-refractivity contribution in [2.75, 3.05) is 6.61 Å². The zero-order valence-electron chi connectivity index (χ0n) is 10.9. The van der Waals surface area contributed by atoms with Gasteiger partial charge in [-0.05, 0) is 12.0 Å². The maximum Gasteiger partial charge on any atom is 0.170 e. The minimum absolute atomic E-state index is 0.127. The number of hydrogen-bond donors (Lipinski definition) is 2. The minimum atomic E-state index is 0.127. The SMILES string of the molecule is CCCCCCOCc1ccc(/C(N)=N/O)cc1. The molecule has 3 N–H and O–H groups in total. The van der Waals surface area contributed by atoms with Crippen LogP contribution in [0.1, 0.15) is 43.7 Å². The first-order valence-corrected chi connectivity index (χ1v) is 6.42. The molecular formula is C14H22N2O2. The topological polar surface area (TPSA) is 67.8 Å². The zero-order valence-corrected chi connectivity index (χ0v) is 10.9. The van der Waals surface area contributed by atoms with Gasteiger partial charge in [0.25, 0.3) is 0 Å². The molecule has 0 unspecified atom stereocenters. The Balaban J connectivity index is 2.27. The van der Waals surface area contributed by atoms with Crippen molar-refractivity contribution in [1.82, 2.24) is 0 Å². The van der Waals surface area contributed by atoms with Gasteiger partial charge in [0.1, 0.15) is 0 Å². The van der Waals surface area contributed by atoms with Gasteiger partial charge in [0.05, 0.1) is 6.61 Å². The van der Waals surface area contributed by atoms with E-state index in [4.69, 9.17) is 15.7 Å². The van der Waals surface area contributed by atoms with Gasteiger partial charge in [-0.2, -0.15) is 0 Å². The third kappa shape index (κ3) is 5.19. The summed E-state index contributed by atoms with van der Waals surface area (Å²) in [5.41, 5.74) is 7.29. The van der Waals surface area contributed by atoms with Gasteiger partial charge in [-0.15, -0.1) is 0 Å². The fraction of sp³-hybridized carbons (Fsp3) is 0.500. The third-order valence-corrected chi connectivity index (χ3v) is 2.77. The first-order valence-electron chi connectivity index (χ1n) is 6.42. The molecule has 0 radical (unpaired) electrons. The molecule has 0 heterocycles. The van der Waals surface area contributed by atoms with Gasteiger partial charge < -0.3 is 15.7 Å². The summed E-state index contributed by atoms with van der Waals surface area (Å²) in [5.74, 6) is 0.127. The second kappa shape index (κ2) is 8.53. The number of hydrogen-bond acceptors (Lipinski definition) is 3. The van der Waals surface area contributed by atoms with Crippen LogP contribution in [0.15, 0.2) is 29.4 Å². The van der Waals surface area contributed by atoms with Crippen LogP contribution in [-0.2, 0) is 11.3 Å². The highest BCUT2D eigenvalue weighted by molar-refractivity contribution is 5.96. The Hall–Kier alpha value is -1.55.